The summed E-state index contributed by atoms with van der Waals surface area (Å²) in [7, 11) is -3.55. The Morgan fingerprint density at radius 2 is 1.84 bits per heavy atom. The number of anilines is 1. The molecule has 1 aliphatic rings. The van der Waals surface area contributed by atoms with E-state index in [2.05, 4.69) is 39.8 Å². The minimum atomic E-state index is -3.55. The molecule has 0 saturated carbocycles. The molecule has 1 fully saturated rings. The molecule has 1 N–H and O–H groups in total. The number of hydrogen-bond acceptors (Lipinski definition) is 7. The molecule has 0 aliphatic carbocycles. The first-order chi connectivity index (χ1) is 18.4. The molecular formula is C27H25ClN6O2S2. The van der Waals surface area contributed by atoms with E-state index in [-0.39, 0.29) is 10.9 Å². The zero-order chi connectivity index (χ0) is 26.3. The number of aryl methyl sites for hydroxylation is 1. The molecule has 5 aromatic rings. The van der Waals surface area contributed by atoms with Crippen LogP contribution in [0.5, 0.6) is 0 Å². The van der Waals surface area contributed by atoms with Crippen LogP contribution in [-0.4, -0.2) is 51.2 Å². The molecule has 11 heteroatoms. The van der Waals surface area contributed by atoms with Gasteiger partial charge in [0.15, 0.2) is 4.96 Å². The minimum Gasteiger partial charge on any atom is -0.351 e. The maximum absolute atomic E-state index is 13.0. The van der Waals surface area contributed by atoms with E-state index in [4.69, 9.17) is 21.6 Å². The van der Waals surface area contributed by atoms with Gasteiger partial charge in [-0.25, -0.2) is 23.4 Å². The SMILES string of the molecule is Cc1cccc(-c2nc3sccn3c2-c2ccnc(NC3CCN(S(=O)(=O)c4ccc(Cl)cc4)CC3)n2)c1. The second-order valence-electron chi connectivity index (χ2n) is 9.28. The fourth-order valence-corrected chi connectivity index (χ4v) is 7.07. The van der Waals surface area contributed by atoms with Crippen LogP contribution in [0.3, 0.4) is 0 Å². The Bertz CT molecular complexity index is 1710. The summed E-state index contributed by atoms with van der Waals surface area (Å²) in [6.07, 6.45) is 5.05. The van der Waals surface area contributed by atoms with Crippen molar-refractivity contribution in [2.24, 2.45) is 0 Å². The summed E-state index contributed by atoms with van der Waals surface area (Å²) in [6.45, 7) is 2.90. The highest BCUT2D eigenvalue weighted by Crippen LogP contribution is 2.34. The Morgan fingerprint density at radius 3 is 2.61 bits per heavy atom. The Morgan fingerprint density at radius 1 is 1.05 bits per heavy atom. The van der Waals surface area contributed by atoms with E-state index < -0.39 is 10.0 Å². The number of piperidine rings is 1. The van der Waals surface area contributed by atoms with Crippen LogP contribution in [0.2, 0.25) is 5.02 Å². The van der Waals surface area contributed by atoms with Gasteiger partial charge in [-0.1, -0.05) is 35.4 Å². The summed E-state index contributed by atoms with van der Waals surface area (Å²) in [4.78, 5) is 15.4. The number of imidazole rings is 1. The molecule has 0 unspecified atom stereocenters. The molecule has 38 heavy (non-hydrogen) atoms. The highest BCUT2D eigenvalue weighted by Gasteiger charge is 2.30. The number of hydrogen-bond donors (Lipinski definition) is 1. The highest BCUT2D eigenvalue weighted by molar-refractivity contribution is 7.89. The first-order valence-electron chi connectivity index (χ1n) is 12.3. The van der Waals surface area contributed by atoms with E-state index in [1.807, 2.05) is 23.7 Å². The third kappa shape index (κ3) is 4.80. The van der Waals surface area contributed by atoms with Crippen molar-refractivity contribution in [2.75, 3.05) is 18.4 Å². The van der Waals surface area contributed by atoms with Crippen molar-refractivity contribution >= 4 is 43.9 Å². The molecule has 8 nitrogen and oxygen atoms in total. The first kappa shape index (κ1) is 25.0. The lowest BCUT2D eigenvalue weighted by Gasteiger charge is -2.31. The van der Waals surface area contributed by atoms with Gasteiger partial charge < -0.3 is 5.32 Å². The summed E-state index contributed by atoms with van der Waals surface area (Å²) < 4.78 is 29.6. The van der Waals surface area contributed by atoms with Crippen molar-refractivity contribution in [3.8, 4) is 22.6 Å². The highest BCUT2D eigenvalue weighted by atomic mass is 35.5. The quantitative estimate of drug-likeness (QED) is 0.282. The number of rotatable bonds is 6. The molecular weight excluding hydrogens is 540 g/mol. The predicted octanol–water partition coefficient (Wildman–Crippen LogP) is 5.75. The number of aromatic nitrogens is 4. The number of thiazole rings is 1. The van der Waals surface area contributed by atoms with Crippen LogP contribution in [0.4, 0.5) is 5.95 Å². The summed E-state index contributed by atoms with van der Waals surface area (Å²) >= 11 is 7.51. The molecule has 4 heterocycles. The second kappa shape index (κ2) is 10.1. The second-order valence-corrected chi connectivity index (χ2v) is 12.5. The van der Waals surface area contributed by atoms with Crippen molar-refractivity contribution in [3.63, 3.8) is 0 Å². The molecule has 0 amide bonds. The lowest BCUT2D eigenvalue weighted by Crippen LogP contribution is -2.42. The molecule has 0 radical (unpaired) electrons. The number of nitrogens with zero attached hydrogens (tertiary/aromatic N) is 5. The summed E-state index contributed by atoms with van der Waals surface area (Å²) in [5.74, 6) is 0.516. The average molecular weight is 565 g/mol. The normalized spacial score (nSPS) is 15.2. The zero-order valence-electron chi connectivity index (χ0n) is 20.6. The lowest BCUT2D eigenvalue weighted by molar-refractivity contribution is 0.329. The van der Waals surface area contributed by atoms with E-state index in [1.54, 1.807) is 41.8 Å². The fraction of sp³-hybridized carbons (Fsp3) is 0.222. The van der Waals surface area contributed by atoms with Gasteiger partial charge in [0, 0.05) is 47.5 Å². The number of fused-ring (bicyclic) bond motifs is 1. The fourth-order valence-electron chi connectivity index (χ4n) is 4.76. The number of benzene rings is 2. The topological polar surface area (TPSA) is 92.5 Å². The van der Waals surface area contributed by atoms with E-state index in [1.165, 1.54) is 9.87 Å². The Balaban J connectivity index is 1.21. The average Bonchev–Trinajstić information content (AvgIpc) is 3.51. The van der Waals surface area contributed by atoms with Crippen LogP contribution >= 0.6 is 22.9 Å². The summed E-state index contributed by atoms with van der Waals surface area (Å²) in [5.41, 5.74) is 4.78. The van der Waals surface area contributed by atoms with Crippen LogP contribution < -0.4 is 5.32 Å². The van der Waals surface area contributed by atoms with Crippen LogP contribution in [0.25, 0.3) is 27.6 Å². The van der Waals surface area contributed by atoms with Crippen LogP contribution in [0.1, 0.15) is 18.4 Å². The van der Waals surface area contributed by atoms with Crippen molar-refractivity contribution in [1.29, 1.82) is 0 Å². The monoisotopic (exact) mass is 564 g/mol. The van der Waals surface area contributed by atoms with E-state index in [0.29, 0.717) is 36.9 Å². The third-order valence-corrected chi connectivity index (χ3v) is 9.61. The number of halogens is 1. The maximum atomic E-state index is 13.0. The van der Waals surface area contributed by atoms with Crippen LogP contribution in [-0.2, 0) is 10.0 Å². The van der Waals surface area contributed by atoms with Gasteiger partial charge in [-0.05, 0) is 56.2 Å². The Kier molecular flexibility index (Phi) is 6.65. The molecule has 2 aromatic carbocycles. The molecule has 0 atom stereocenters. The summed E-state index contributed by atoms with van der Waals surface area (Å²) in [6, 6.07) is 16.5. The third-order valence-electron chi connectivity index (χ3n) is 6.69. The van der Waals surface area contributed by atoms with E-state index in [0.717, 1.165) is 27.6 Å². The lowest BCUT2D eigenvalue weighted by atomic mass is 10.1. The molecule has 3 aromatic heterocycles. The molecule has 194 valence electrons. The molecule has 0 spiro atoms. The molecule has 1 saturated heterocycles. The van der Waals surface area contributed by atoms with Gasteiger partial charge in [-0.3, -0.25) is 4.40 Å². The van der Waals surface area contributed by atoms with E-state index in [9.17, 15) is 8.42 Å². The molecule has 1 aliphatic heterocycles. The van der Waals surface area contributed by atoms with Gasteiger partial charge in [0.05, 0.1) is 16.3 Å². The number of sulfonamides is 1. The van der Waals surface area contributed by atoms with Gasteiger partial charge in [0.25, 0.3) is 0 Å². The van der Waals surface area contributed by atoms with Crippen LogP contribution in [0, 0.1) is 6.92 Å². The van der Waals surface area contributed by atoms with Gasteiger partial charge in [-0.2, -0.15) is 4.31 Å². The molecule has 0 bridgehead atoms. The maximum Gasteiger partial charge on any atom is 0.243 e. The van der Waals surface area contributed by atoms with Crippen molar-refractivity contribution < 1.29 is 8.42 Å². The smallest absolute Gasteiger partial charge is 0.243 e. The van der Waals surface area contributed by atoms with Gasteiger partial charge in [-0.15, -0.1) is 11.3 Å². The number of nitrogens with one attached hydrogen (secondary N) is 1. The first-order valence-corrected chi connectivity index (χ1v) is 15.0. The Labute approximate surface area is 230 Å². The van der Waals surface area contributed by atoms with Crippen LogP contribution in [0.15, 0.2) is 77.3 Å². The van der Waals surface area contributed by atoms with Gasteiger partial charge in [0.1, 0.15) is 5.69 Å². The van der Waals surface area contributed by atoms with Crippen molar-refractivity contribution in [3.05, 3.63) is 83.0 Å². The summed E-state index contributed by atoms with van der Waals surface area (Å²) in [5, 5.41) is 5.95. The van der Waals surface area contributed by atoms with Crippen molar-refractivity contribution in [2.45, 2.75) is 30.7 Å². The standard InChI is InChI=1S/C27H25ClN6O2S2/c1-18-3-2-4-19(17-18)24-25(34-15-16-37-27(34)32-24)23-9-12-29-26(31-23)30-21-10-13-33(14-11-21)38(35,36)22-7-5-20(28)6-8-22/h2-9,12,15-17,21H,10-11,13-14H2,1H3,(H,29,30,31). The zero-order valence-corrected chi connectivity index (χ0v) is 23.0. The van der Waals surface area contributed by atoms with Gasteiger partial charge >= 0.3 is 0 Å². The van der Waals surface area contributed by atoms with Crippen molar-refractivity contribution in [1.82, 2.24) is 23.7 Å². The minimum absolute atomic E-state index is 0.0600. The largest absolute Gasteiger partial charge is 0.351 e. The molecule has 6 rings (SSSR count). The van der Waals surface area contributed by atoms with Gasteiger partial charge in [0.2, 0.25) is 16.0 Å². The van der Waals surface area contributed by atoms with E-state index >= 15 is 0 Å². The predicted molar refractivity (Wildman–Crippen MR) is 151 cm³/mol. The Hall–Kier alpha value is -3.31.